The molecule has 0 spiro atoms. The number of hydrogen-bond donors (Lipinski definition) is 0. The molecule has 0 aliphatic rings. The number of fused-ring (bicyclic) bond motifs is 1. The lowest BCUT2D eigenvalue weighted by molar-refractivity contribution is 0.0977. The first kappa shape index (κ1) is 11.5. The van der Waals surface area contributed by atoms with Crippen molar-refractivity contribution in [3.8, 4) is 0 Å². The van der Waals surface area contributed by atoms with Crippen molar-refractivity contribution in [1.29, 1.82) is 0 Å². The molecule has 2 heterocycles. The van der Waals surface area contributed by atoms with E-state index < -0.39 is 0 Å². The summed E-state index contributed by atoms with van der Waals surface area (Å²) in [6.45, 7) is 0.352. The lowest BCUT2D eigenvalue weighted by Crippen LogP contribution is -2.07. The van der Waals surface area contributed by atoms with Crippen LogP contribution in [0.15, 0.2) is 48.0 Å². The van der Waals surface area contributed by atoms with Crippen LogP contribution in [0, 0.1) is 0 Å². The minimum Gasteiger partial charge on any atom is -0.340 e. The molecule has 0 fully saturated rings. The van der Waals surface area contributed by atoms with E-state index in [9.17, 15) is 4.79 Å². The summed E-state index contributed by atoms with van der Waals surface area (Å²) in [6.07, 6.45) is 1.90. The number of hydrogen-bond acceptors (Lipinski definition) is 2. The smallest absolute Gasteiger partial charge is 0.192 e. The van der Waals surface area contributed by atoms with Gasteiger partial charge in [0.25, 0.3) is 0 Å². The number of halogens is 1. The second-order valence-corrected chi connectivity index (χ2v) is 5.37. The highest BCUT2D eigenvalue weighted by Gasteiger charge is 2.10. The van der Waals surface area contributed by atoms with Gasteiger partial charge in [0.15, 0.2) is 5.78 Å². The average Bonchev–Trinajstić information content (AvgIpc) is 2.99. The molecule has 0 aliphatic heterocycles. The van der Waals surface area contributed by atoms with Gasteiger partial charge in [-0.2, -0.15) is 0 Å². The number of ketones is 1. The molecular formula is C14H10ClNOS. The number of Topliss-reactive ketones (excluding diaryl/α,β-unsaturated/α-hetero) is 1. The molecule has 18 heavy (non-hydrogen) atoms. The molecule has 0 radical (unpaired) electrons. The minimum absolute atomic E-state index is 0.127. The topological polar surface area (TPSA) is 22.0 Å². The van der Waals surface area contributed by atoms with Crippen molar-refractivity contribution in [1.82, 2.24) is 4.57 Å². The Morgan fingerprint density at radius 2 is 2.11 bits per heavy atom. The fraction of sp³-hybridized carbons (Fsp3) is 0.0714. The highest BCUT2D eigenvalue weighted by molar-refractivity contribution is 7.12. The summed E-state index contributed by atoms with van der Waals surface area (Å²) in [6, 6.07) is 11.4. The zero-order valence-corrected chi connectivity index (χ0v) is 11.0. The molecule has 2 nitrogen and oxygen atoms in total. The molecule has 0 bridgehead atoms. The Morgan fingerprint density at radius 3 is 2.89 bits per heavy atom. The van der Waals surface area contributed by atoms with Gasteiger partial charge in [-0.3, -0.25) is 4.79 Å². The molecule has 0 aliphatic carbocycles. The molecule has 1 aromatic carbocycles. The predicted molar refractivity (Wildman–Crippen MR) is 75.6 cm³/mol. The standard InChI is InChI=1S/C14H10ClNOS/c15-11-3-1-4-12-10(11)6-7-16(12)9-13(17)14-5-2-8-18-14/h1-8H,9H2. The van der Waals surface area contributed by atoms with E-state index in [0.29, 0.717) is 6.54 Å². The van der Waals surface area contributed by atoms with Gasteiger partial charge in [-0.05, 0) is 29.6 Å². The van der Waals surface area contributed by atoms with Gasteiger partial charge < -0.3 is 4.57 Å². The SMILES string of the molecule is O=C(Cn1ccc2c(Cl)cccc21)c1cccs1. The molecular weight excluding hydrogens is 266 g/mol. The number of carbonyl (C=O) groups is 1. The molecule has 0 N–H and O–H groups in total. The van der Waals surface area contributed by atoms with Crippen LogP contribution < -0.4 is 0 Å². The maximum atomic E-state index is 12.1. The van der Waals surface area contributed by atoms with Crippen LogP contribution >= 0.6 is 22.9 Å². The van der Waals surface area contributed by atoms with Crippen molar-refractivity contribution < 1.29 is 4.79 Å². The number of carbonyl (C=O) groups excluding carboxylic acids is 1. The lowest BCUT2D eigenvalue weighted by atomic mass is 10.2. The van der Waals surface area contributed by atoms with Gasteiger partial charge in [-0.1, -0.05) is 23.7 Å². The molecule has 2 aromatic heterocycles. The summed E-state index contributed by atoms with van der Waals surface area (Å²) in [7, 11) is 0. The zero-order valence-electron chi connectivity index (χ0n) is 9.47. The zero-order chi connectivity index (χ0) is 12.5. The molecule has 0 atom stereocenters. The van der Waals surface area contributed by atoms with Crippen LogP contribution in [-0.4, -0.2) is 10.4 Å². The van der Waals surface area contributed by atoms with Crippen LogP contribution in [0.1, 0.15) is 9.67 Å². The van der Waals surface area contributed by atoms with Gasteiger partial charge in [0.2, 0.25) is 0 Å². The Balaban J connectivity index is 1.96. The summed E-state index contributed by atoms with van der Waals surface area (Å²) in [5.41, 5.74) is 0.993. The molecule has 90 valence electrons. The fourth-order valence-corrected chi connectivity index (χ4v) is 2.88. The summed E-state index contributed by atoms with van der Waals surface area (Å²) < 4.78 is 1.93. The normalized spacial score (nSPS) is 10.9. The monoisotopic (exact) mass is 275 g/mol. The Hall–Kier alpha value is -1.58. The molecule has 0 amide bonds. The van der Waals surface area contributed by atoms with Crippen molar-refractivity contribution in [3.63, 3.8) is 0 Å². The first-order chi connectivity index (χ1) is 8.75. The van der Waals surface area contributed by atoms with Gasteiger partial charge >= 0.3 is 0 Å². The number of rotatable bonds is 3. The van der Waals surface area contributed by atoms with Gasteiger partial charge in [0.1, 0.15) is 0 Å². The highest BCUT2D eigenvalue weighted by atomic mass is 35.5. The van der Waals surface area contributed by atoms with E-state index in [1.807, 2.05) is 52.5 Å². The summed E-state index contributed by atoms with van der Waals surface area (Å²) in [5, 5.41) is 3.62. The Kier molecular flexibility index (Phi) is 2.94. The van der Waals surface area contributed by atoms with Gasteiger partial charge in [0, 0.05) is 22.1 Å². The molecule has 0 saturated carbocycles. The molecule has 0 unspecified atom stereocenters. The third-order valence-electron chi connectivity index (χ3n) is 2.87. The first-order valence-corrected chi connectivity index (χ1v) is 6.81. The first-order valence-electron chi connectivity index (χ1n) is 5.56. The van der Waals surface area contributed by atoms with Gasteiger partial charge in [-0.25, -0.2) is 0 Å². The highest BCUT2D eigenvalue weighted by Crippen LogP contribution is 2.24. The molecule has 4 heteroatoms. The van der Waals surface area contributed by atoms with E-state index in [1.165, 1.54) is 11.3 Å². The van der Waals surface area contributed by atoms with E-state index in [4.69, 9.17) is 11.6 Å². The summed E-state index contributed by atoms with van der Waals surface area (Å²) in [4.78, 5) is 12.8. The number of aromatic nitrogens is 1. The van der Waals surface area contributed by atoms with Crippen LogP contribution in [-0.2, 0) is 6.54 Å². The van der Waals surface area contributed by atoms with Crippen molar-refractivity contribution in [2.24, 2.45) is 0 Å². The summed E-state index contributed by atoms with van der Waals surface area (Å²) >= 11 is 7.58. The molecule has 0 saturated heterocycles. The van der Waals surface area contributed by atoms with Crippen LogP contribution in [0.3, 0.4) is 0 Å². The predicted octanol–water partition coefficient (Wildman–Crippen LogP) is 4.24. The third-order valence-corrected chi connectivity index (χ3v) is 4.11. The second kappa shape index (κ2) is 4.59. The summed E-state index contributed by atoms with van der Waals surface area (Å²) in [5.74, 6) is 0.127. The van der Waals surface area contributed by atoms with Crippen LogP contribution in [0.4, 0.5) is 0 Å². The van der Waals surface area contributed by atoms with E-state index in [-0.39, 0.29) is 5.78 Å². The van der Waals surface area contributed by atoms with E-state index in [2.05, 4.69) is 0 Å². The van der Waals surface area contributed by atoms with E-state index in [1.54, 1.807) is 0 Å². The van der Waals surface area contributed by atoms with Crippen LogP contribution in [0.25, 0.3) is 10.9 Å². The molecule has 3 aromatic rings. The average molecular weight is 276 g/mol. The van der Waals surface area contributed by atoms with Gasteiger partial charge in [0.05, 0.1) is 11.4 Å². The second-order valence-electron chi connectivity index (χ2n) is 4.02. The van der Waals surface area contributed by atoms with E-state index >= 15 is 0 Å². The van der Waals surface area contributed by atoms with Gasteiger partial charge in [-0.15, -0.1) is 11.3 Å². The third kappa shape index (κ3) is 1.96. The maximum absolute atomic E-state index is 12.1. The van der Waals surface area contributed by atoms with Crippen molar-refractivity contribution in [3.05, 3.63) is 57.9 Å². The lowest BCUT2D eigenvalue weighted by Gasteiger charge is -2.03. The Bertz CT molecular complexity index is 700. The Labute approximate surface area is 113 Å². The van der Waals surface area contributed by atoms with Crippen molar-refractivity contribution in [2.45, 2.75) is 6.54 Å². The van der Waals surface area contributed by atoms with Crippen LogP contribution in [0.5, 0.6) is 0 Å². The number of benzene rings is 1. The largest absolute Gasteiger partial charge is 0.340 e. The quantitative estimate of drug-likeness (QED) is 0.655. The number of nitrogens with zero attached hydrogens (tertiary/aromatic N) is 1. The fourth-order valence-electron chi connectivity index (χ4n) is 1.99. The van der Waals surface area contributed by atoms with Crippen molar-refractivity contribution >= 4 is 39.6 Å². The Morgan fingerprint density at radius 1 is 1.22 bits per heavy atom. The van der Waals surface area contributed by atoms with E-state index in [0.717, 1.165) is 20.8 Å². The van der Waals surface area contributed by atoms with Crippen LogP contribution in [0.2, 0.25) is 5.02 Å². The minimum atomic E-state index is 0.127. The maximum Gasteiger partial charge on any atom is 0.192 e. The number of thiophene rings is 1. The molecule has 3 rings (SSSR count). The van der Waals surface area contributed by atoms with Crippen molar-refractivity contribution in [2.75, 3.05) is 0 Å².